The molecule has 76 valence electrons. The molecule has 0 atom stereocenters. The minimum atomic E-state index is -0.390. The molecular weight excluding hydrogens is 185 g/mol. The number of rotatable bonds is 4. The zero-order valence-electron chi connectivity index (χ0n) is 7.90. The molecule has 0 spiro atoms. The largest absolute Gasteiger partial charge is 0.383 e. The van der Waals surface area contributed by atoms with Gasteiger partial charge < -0.3 is 10.5 Å². The van der Waals surface area contributed by atoms with Crippen LogP contribution < -0.4 is 5.73 Å². The minimum absolute atomic E-state index is 0.294. The maximum Gasteiger partial charge on any atom is 0.144 e. The van der Waals surface area contributed by atoms with Gasteiger partial charge in [0.1, 0.15) is 17.3 Å². The number of ether oxygens (including phenoxy) is 1. The van der Waals surface area contributed by atoms with Crippen molar-refractivity contribution in [1.29, 1.82) is 0 Å². The van der Waals surface area contributed by atoms with Crippen molar-refractivity contribution in [2.45, 2.75) is 0 Å². The molecule has 0 amide bonds. The molecule has 0 saturated carbocycles. The van der Waals surface area contributed by atoms with Crippen LogP contribution in [0.15, 0.2) is 23.3 Å². The van der Waals surface area contributed by atoms with E-state index < -0.39 is 5.82 Å². The Labute approximate surface area is 81.6 Å². The third-order valence-corrected chi connectivity index (χ3v) is 1.57. The molecule has 0 bridgehead atoms. The van der Waals surface area contributed by atoms with E-state index in [0.717, 1.165) is 6.20 Å². The predicted octanol–water partition coefficient (Wildman–Crippen LogP) is 0.572. The van der Waals surface area contributed by atoms with E-state index in [9.17, 15) is 4.39 Å². The summed E-state index contributed by atoms with van der Waals surface area (Å²) in [6, 6.07) is 2.78. The number of aromatic nitrogens is 1. The Morgan fingerprint density at radius 2 is 2.43 bits per heavy atom. The smallest absolute Gasteiger partial charge is 0.144 e. The fraction of sp³-hybridized carbons (Fsp3) is 0.333. The Kier molecular flexibility index (Phi) is 4.00. The van der Waals surface area contributed by atoms with Crippen molar-refractivity contribution in [2.75, 3.05) is 20.3 Å². The fourth-order valence-corrected chi connectivity index (χ4v) is 0.866. The summed E-state index contributed by atoms with van der Waals surface area (Å²) in [5, 5.41) is 0. The molecule has 1 rings (SSSR count). The van der Waals surface area contributed by atoms with Gasteiger partial charge in [0.15, 0.2) is 0 Å². The van der Waals surface area contributed by atoms with Crippen LogP contribution in [0.25, 0.3) is 0 Å². The first-order valence-corrected chi connectivity index (χ1v) is 4.15. The van der Waals surface area contributed by atoms with E-state index in [1.165, 1.54) is 12.1 Å². The highest BCUT2D eigenvalue weighted by Crippen LogP contribution is 1.97. The number of nitrogens with zero attached hydrogens (tertiary/aromatic N) is 2. The SMILES string of the molecule is COCCN=C(N)c1ccc(F)cn1. The molecule has 0 saturated heterocycles. The van der Waals surface area contributed by atoms with E-state index in [2.05, 4.69) is 9.98 Å². The van der Waals surface area contributed by atoms with Crippen LogP contribution in [0.5, 0.6) is 0 Å². The average Bonchev–Trinajstić information content (AvgIpc) is 2.19. The van der Waals surface area contributed by atoms with Crippen LogP contribution in [0.1, 0.15) is 5.69 Å². The van der Waals surface area contributed by atoms with Gasteiger partial charge >= 0.3 is 0 Å². The molecule has 1 aromatic rings. The minimum Gasteiger partial charge on any atom is -0.383 e. The molecule has 0 aliphatic rings. The Balaban J connectivity index is 2.64. The number of hydrogen-bond donors (Lipinski definition) is 1. The van der Waals surface area contributed by atoms with E-state index >= 15 is 0 Å². The van der Waals surface area contributed by atoms with Gasteiger partial charge in [-0.3, -0.25) is 4.99 Å². The summed E-state index contributed by atoms with van der Waals surface area (Å²) in [4.78, 5) is 7.78. The maximum atomic E-state index is 12.5. The number of nitrogens with two attached hydrogens (primary N) is 1. The Hall–Kier alpha value is -1.49. The summed E-state index contributed by atoms with van der Waals surface area (Å²) in [6.45, 7) is 0.975. The van der Waals surface area contributed by atoms with Crippen molar-refractivity contribution < 1.29 is 9.13 Å². The summed E-state index contributed by atoms with van der Waals surface area (Å²) in [7, 11) is 1.59. The topological polar surface area (TPSA) is 60.5 Å². The number of aliphatic imine (C=N–C) groups is 1. The Morgan fingerprint density at radius 1 is 1.64 bits per heavy atom. The molecule has 0 fully saturated rings. The molecule has 14 heavy (non-hydrogen) atoms. The van der Waals surface area contributed by atoms with Crippen molar-refractivity contribution in [1.82, 2.24) is 4.98 Å². The van der Waals surface area contributed by atoms with Crippen LogP contribution in [0, 0.1) is 5.82 Å². The molecule has 5 heteroatoms. The lowest BCUT2D eigenvalue weighted by atomic mass is 10.3. The summed E-state index contributed by atoms with van der Waals surface area (Å²) in [6.07, 6.45) is 1.11. The first-order chi connectivity index (χ1) is 6.74. The van der Waals surface area contributed by atoms with Crippen molar-refractivity contribution in [3.63, 3.8) is 0 Å². The molecule has 0 aliphatic carbocycles. The molecule has 0 unspecified atom stereocenters. The van der Waals surface area contributed by atoms with E-state index in [1.54, 1.807) is 7.11 Å². The van der Waals surface area contributed by atoms with Gasteiger partial charge in [-0.1, -0.05) is 0 Å². The maximum absolute atomic E-state index is 12.5. The van der Waals surface area contributed by atoms with Crippen LogP contribution in [0.3, 0.4) is 0 Å². The highest BCUT2D eigenvalue weighted by atomic mass is 19.1. The fourth-order valence-electron chi connectivity index (χ4n) is 0.866. The van der Waals surface area contributed by atoms with Crippen molar-refractivity contribution in [3.05, 3.63) is 29.8 Å². The van der Waals surface area contributed by atoms with Crippen LogP contribution in [-0.2, 0) is 4.74 Å². The molecule has 1 heterocycles. The number of methoxy groups -OCH3 is 1. The summed E-state index contributed by atoms with van der Waals surface area (Å²) in [5.74, 6) is -0.0968. The summed E-state index contributed by atoms with van der Waals surface area (Å²) >= 11 is 0. The average molecular weight is 197 g/mol. The molecule has 4 nitrogen and oxygen atoms in total. The Morgan fingerprint density at radius 3 is 3.00 bits per heavy atom. The number of pyridine rings is 1. The second-order valence-electron chi connectivity index (χ2n) is 2.62. The standard InChI is InChI=1S/C9H12FN3O/c1-14-5-4-12-9(11)8-3-2-7(10)6-13-8/h2-3,6H,4-5H2,1H3,(H2,11,12). The van der Waals surface area contributed by atoms with Gasteiger partial charge in [0, 0.05) is 7.11 Å². The first kappa shape index (κ1) is 10.6. The van der Waals surface area contributed by atoms with Gasteiger partial charge in [0.25, 0.3) is 0 Å². The zero-order chi connectivity index (χ0) is 10.4. The molecule has 2 N–H and O–H groups in total. The monoisotopic (exact) mass is 197 g/mol. The van der Waals surface area contributed by atoms with Gasteiger partial charge in [-0.05, 0) is 12.1 Å². The van der Waals surface area contributed by atoms with E-state index in [0.29, 0.717) is 24.7 Å². The van der Waals surface area contributed by atoms with Gasteiger partial charge in [-0.2, -0.15) is 0 Å². The van der Waals surface area contributed by atoms with Gasteiger partial charge in [0.05, 0.1) is 19.3 Å². The van der Waals surface area contributed by atoms with Crippen LogP contribution in [0.2, 0.25) is 0 Å². The van der Waals surface area contributed by atoms with Crippen molar-refractivity contribution >= 4 is 5.84 Å². The van der Waals surface area contributed by atoms with Gasteiger partial charge in [-0.15, -0.1) is 0 Å². The molecule has 1 aromatic heterocycles. The Bertz CT molecular complexity index is 310. The first-order valence-electron chi connectivity index (χ1n) is 4.15. The predicted molar refractivity (Wildman–Crippen MR) is 51.7 cm³/mol. The van der Waals surface area contributed by atoms with Gasteiger partial charge in [-0.25, -0.2) is 9.37 Å². The lowest BCUT2D eigenvalue weighted by molar-refractivity contribution is 0.208. The molecule has 0 radical (unpaired) electrons. The highest BCUT2D eigenvalue weighted by molar-refractivity contribution is 5.95. The van der Waals surface area contributed by atoms with Crippen molar-refractivity contribution in [2.24, 2.45) is 10.7 Å². The lowest BCUT2D eigenvalue weighted by Gasteiger charge is -1.99. The van der Waals surface area contributed by atoms with E-state index in [-0.39, 0.29) is 0 Å². The molecular formula is C9H12FN3O. The van der Waals surface area contributed by atoms with Crippen LogP contribution in [0.4, 0.5) is 4.39 Å². The molecule has 0 aromatic carbocycles. The van der Waals surface area contributed by atoms with E-state index in [1.807, 2.05) is 0 Å². The number of hydrogen-bond acceptors (Lipinski definition) is 3. The second-order valence-corrected chi connectivity index (χ2v) is 2.62. The zero-order valence-corrected chi connectivity index (χ0v) is 7.90. The van der Waals surface area contributed by atoms with Gasteiger partial charge in [0.2, 0.25) is 0 Å². The number of halogens is 1. The summed E-state index contributed by atoms with van der Waals surface area (Å²) < 4.78 is 17.3. The normalized spacial score (nSPS) is 11.7. The highest BCUT2D eigenvalue weighted by Gasteiger charge is 1.99. The van der Waals surface area contributed by atoms with Crippen LogP contribution in [-0.4, -0.2) is 31.1 Å². The third-order valence-electron chi connectivity index (χ3n) is 1.57. The third kappa shape index (κ3) is 3.10. The number of amidine groups is 1. The second kappa shape index (κ2) is 5.29. The molecule has 0 aliphatic heterocycles. The quantitative estimate of drug-likeness (QED) is 0.436. The lowest BCUT2D eigenvalue weighted by Crippen LogP contribution is -2.16. The van der Waals surface area contributed by atoms with Crippen LogP contribution >= 0.6 is 0 Å². The van der Waals surface area contributed by atoms with E-state index in [4.69, 9.17) is 10.5 Å². The van der Waals surface area contributed by atoms with Crippen molar-refractivity contribution in [3.8, 4) is 0 Å². The summed E-state index contributed by atoms with van der Waals surface area (Å²) in [5.41, 5.74) is 6.07.